The van der Waals surface area contributed by atoms with Crippen molar-refractivity contribution < 1.29 is 4.79 Å². The molecule has 152 valence electrons. The van der Waals surface area contributed by atoms with Crippen molar-refractivity contribution in [3.63, 3.8) is 0 Å². The molecule has 0 aliphatic carbocycles. The van der Waals surface area contributed by atoms with Gasteiger partial charge in [0.25, 0.3) is 11.5 Å². The predicted molar refractivity (Wildman–Crippen MR) is 112 cm³/mol. The van der Waals surface area contributed by atoms with E-state index in [1.54, 1.807) is 12.1 Å². The smallest absolute Gasteiger partial charge is 0.274 e. The molecule has 0 atom stereocenters. The second-order valence-electron chi connectivity index (χ2n) is 8.03. The molecule has 1 amide bonds. The quantitative estimate of drug-likeness (QED) is 0.730. The largest absolute Gasteiger partial charge is 0.351 e. The van der Waals surface area contributed by atoms with Gasteiger partial charge in [-0.2, -0.15) is 5.10 Å². The summed E-state index contributed by atoms with van der Waals surface area (Å²) < 4.78 is 1.42. The fourth-order valence-electron chi connectivity index (χ4n) is 3.53. The summed E-state index contributed by atoms with van der Waals surface area (Å²) in [5.41, 5.74) is 0.186. The molecule has 1 fully saturated rings. The van der Waals surface area contributed by atoms with E-state index in [0.717, 1.165) is 39.1 Å². The van der Waals surface area contributed by atoms with E-state index in [4.69, 9.17) is 0 Å². The molecule has 7 heteroatoms. The van der Waals surface area contributed by atoms with Crippen LogP contribution in [0.15, 0.2) is 29.1 Å². The normalized spacial score (nSPS) is 16.0. The molecule has 1 N–H and O–H groups in total. The van der Waals surface area contributed by atoms with E-state index in [9.17, 15) is 9.59 Å². The number of nitrogens with zero attached hydrogens (tertiary/aromatic N) is 4. The summed E-state index contributed by atoms with van der Waals surface area (Å²) in [4.78, 5) is 30.2. The van der Waals surface area contributed by atoms with Gasteiger partial charge >= 0.3 is 0 Å². The number of amides is 1. The van der Waals surface area contributed by atoms with Crippen LogP contribution in [-0.2, 0) is 6.54 Å². The molecule has 1 aromatic heterocycles. The second-order valence-corrected chi connectivity index (χ2v) is 8.03. The van der Waals surface area contributed by atoms with Gasteiger partial charge in [-0.1, -0.05) is 32.0 Å². The van der Waals surface area contributed by atoms with E-state index in [1.165, 1.54) is 4.68 Å². The first-order valence-corrected chi connectivity index (χ1v) is 10.1. The number of nitrogens with one attached hydrogen (secondary N) is 1. The maximum absolute atomic E-state index is 12.8. The number of fused-ring (bicyclic) bond motifs is 1. The lowest BCUT2D eigenvalue weighted by atomic mass is 10.1. The number of benzene rings is 1. The fourth-order valence-corrected chi connectivity index (χ4v) is 3.53. The summed E-state index contributed by atoms with van der Waals surface area (Å²) in [6, 6.07) is 7.21. The molecule has 0 spiro atoms. The van der Waals surface area contributed by atoms with Gasteiger partial charge in [0, 0.05) is 44.7 Å². The molecule has 0 bridgehead atoms. The minimum Gasteiger partial charge on any atom is -0.351 e. The molecule has 1 aromatic carbocycles. The van der Waals surface area contributed by atoms with Crippen LogP contribution in [-0.4, -0.2) is 71.8 Å². The number of likely N-dealkylation sites (N-methyl/N-ethyl adjacent to an activating group) is 1. The highest BCUT2D eigenvalue weighted by Crippen LogP contribution is 2.13. The van der Waals surface area contributed by atoms with Crippen LogP contribution in [0.3, 0.4) is 0 Å². The minimum absolute atomic E-state index is 0.143. The number of hydrogen-bond donors (Lipinski definition) is 1. The average Bonchev–Trinajstić information content (AvgIpc) is 2.68. The highest BCUT2D eigenvalue weighted by Gasteiger charge is 2.17. The average molecular weight is 386 g/mol. The van der Waals surface area contributed by atoms with Gasteiger partial charge in [-0.3, -0.25) is 9.59 Å². The Labute approximate surface area is 166 Å². The first kappa shape index (κ1) is 20.5. The minimum atomic E-state index is -0.216. The highest BCUT2D eigenvalue weighted by molar-refractivity contribution is 6.04. The molecule has 2 aromatic rings. The summed E-state index contributed by atoms with van der Waals surface area (Å²) in [7, 11) is 2.15. The zero-order valence-electron chi connectivity index (χ0n) is 17.1. The molecule has 28 heavy (non-hydrogen) atoms. The zero-order valence-corrected chi connectivity index (χ0v) is 17.1. The van der Waals surface area contributed by atoms with Gasteiger partial charge in [0.2, 0.25) is 0 Å². The molecule has 7 nitrogen and oxygen atoms in total. The van der Waals surface area contributed by atoms with Crippen LogP contribution in [0, 0.1) is 5.92 Å². The summed E-state index contributed by atoms with van der Waals surface area (Å²) in [5.74, 6) is 0.0537. The molecule has 0 saturated carbocycles. The van der Waals surface area contributed by atoms with Gasteiger partial charge in [0.1, 0.15) is 0 Å². The molecular weight excluding hydrogens is 354 g/mol. The van der Waals surface area contributed by atoms with E-state index >= 15 is 0 Å². The Morgan fingerprint density at radius 1 is 1.14 bits per heavy atom. The number of carbonyl (C=O) groups is 1. The summed E-state index contributed by atoms with van der Waals surface area (Å²) in [6.07, 6.45) is 0.902. The Morgan fingerprint density at radius 3 is 2.50 bits per heavy atom. The molecular formula is C21H31N5O2. The zero-order chi connectivity index (χ0) is 20.1. The Morgan fingerprint density at radius 2 is 1.82 bits per heavy atom. The van der Waals surface area contributed by atoms with Crippen molar-refractivity contribution in [1.29, 1.82) is 0 Å². The number of rotatable bonds is 7. The van der Waals surface area contributed by atoms with Gasteiger partial charge in [-0.05, 0) is 32.0 Å². The monoisotopic (exact) mass is 385 g/mol. The Bertz CT molecular complexity index is 869. The summed E-state index contributed by atoms with van der Waals surface area (Å²) in [5, 5.41) is 8.54. The summed E-state index contributed by atoms with van der Waals surface area (Å²) >= 11 is 0. The van der Waals surface area contributed by atoms with Crippen LogP contribution in [0.5, 0.6) is 0 Å². The van der Waals surface area contributed by atoms with Crippen LogP contribution in [0.1, 0.15) is 30.8 Å². The molecule has 2 heterocycles. The topological polar surface area (TPSA) is 70.5 Å². The number of piperazine rings is 1. The second kappa shape index (κ2) is 9.30. The van der Waals surface area contributed by atoms with E-state index in [1.807, 2.05) is 26.0 Å². The van der Waals surface area contributed by atoms with Gasteiger partial charge in [0.15, 0.2) is 5.69 Å². The lowest BCUT2D eigenvalue weighted by molar-refractivity contribution is 0.0943. The van der Waals surface area contributed by atoms with Crippen LogP contribution in [0.4, 0.5) is 0 Å². The third kappa shape index (κ3) is 4.97. The predicted octanol–water partition coefficient (Wildman–Crippen LogP) is 1.42. The number of carbonyl (C=O) groups excluding carboxylic acids is 1. The van der Waals surface area contributed by atoms with Crippen LogP contribution in [0.25, 0.3) is 10.8 Å². The molecule has 0 unspecified atom stereocenters. The van der Waals surface area contributed by atoms with Crippen molar-refractivity contribution in [1.82, 2.24) is 24.9 Å². The van der Waals surface area contributed by atoms with Gasteiger partial charge in [0.05, 0.1) is 5.39 Å². The Hall–Kier alpha value is -2.25. The lowest BCUT2D eigenvalue weighted by Gasteiger charge is -2.32. The van der Waals surface area contributed by atoms with Crippen molar-refractivity contribution in [2.24, 2.45) is 5.92 Å². The third-order valence-corrected chi connectivity index (χ3v) is 5.15. The van der Waals surface area contributed by atoms with Gasteiger partial charge in [-0.25, -0.2) is 4.68 Å². The molecule has 1 aliphatic heterocycles. The molecule has 3 rings (SSSR count). The van der Waals surface area contributed by atoms with Crippen molar-refractivity contribution in [3.05, 3.63) is 40.3 Å². The SMILES string of the molecule is CC(C)Cn1nc(C(=O)NCCCN2CCN(C)CC2)c2ccccc2c1=O. The van der Waals surface area contributed by atoms with Crippen molar-refractivity contribution in [2.45, 2.75) is 26.8 Å². The lowest BCUT2D eigenvalue weighted by Crippen LogP contribution is -2.45. The highest BCUT2D eigenvalue weighted by atomic mass is 16.2. The third-order valence-electron chi connectivity index (χ3n) is 5.15. The maximum Gasteiger partial charge on any atom is 0.274 e. The van der Waals surface area contributed by atoms with Crippen LogP contribution in [0.2, 0.25) is 0 Å². The summed E-state index contributed by atoms with van der Waals surface area (Å²) in [6.45, 7) is 10.5. The first-order chi connectivity index (χ1) is 13.5. The van der Waals surface area contributed by atoms with E-state index < -0.39 is 0 Å². The number of hydrogen-bond acceptors (Lipinski definition) is 5. The number of aromatic nitrogens is 2. The molecule has 1 saturated heterocycles. The van der Waals surface area contributed by atoms with E-state index in [0.29, 0.717) is 29.6 Å². The van der Waals surface area contributed by atoms with Gasteiger partial charge < -0.3 is 15.1 Å². The van der Waals surface area contributed by atoms with E-state index in [-0.39, 0.29) is 17.4 Å². The Balaban J connectivity index is 1.67. The fraction of sp³-hybridized carbons (Fsp3) is 0.571. The Kier molecular flexibility index (Phi) is 6.80. The van der Waals surface area contributed by atoms with Crippen molar-refractivity contribution in [3.8, 4) is 0 Å². The van der Waals surface area contributed by atoms with Crippen LogP contribution < -0.4 is 10.9 Å². The van der Waals surface area contributed by atoms with Crippen molar-refractivity contribution in [2.75, 3.05) is 46.3 Å². The van der Waals surface area contributed by atoms with Gasteiger partial charge in [-0.15, -0.1) is 0 Å². The maximum atomic E-state index is 12.8. The van der Waals surface area contributed by atoms with Crippen molar-refractivity contribution >= 4 is 16.7 Å². The molecule has 1 aliphatic rings. The standard InChI is InChI=1S/C21H31N5O2/c1-16(2)15-26-21(28)18-8-5-4-7-17(18)19(23-26)20(27)22-9-6-10-25-13-11-24(3)12-14-25/h4-5,7-8,16H,6,9-15H2,1-3H3,(H,22,27). The first-order valence-electron chi connectivity index (χ1n) is 10.1. The van der Waals surface area contributed by atoms with E-state index in [2.05, 4.69) is 27.3 Å². The van der Waals surface area contributed by atoms with Crippen LogP contribution >= 0.6 is 0 Å². The molecule has 0 radical (unpaired) electrons.